The Morgan fingerprint density at radius 3 is 2.21 bits per heavy atom. The van der Waals surface area contributed by atoms with Gasteiger partial charge in [0.2, 0.25) is 0 Å². The maximum Gasteiger partial charge on any atom is 0.334 e. The third-order valence-electron chi connectivity index (χ3n) is 4.98. The SMILES string of the molecule is CCCN(CCC)c1nc(C)nc2c1n(C)c(=O)n2-c1c(C)cc(C)nc1C. The average molecular weight is 383 g/mol. The minimum absolute atomic E-state index is 0.124. The minimum Gasteiger partial charge on any atom is -0.355 e. The van der Waals surface area contributed by atoms with E-state index >= 15 is 0 Å². The van der Waals surface area contributed by atoms with Gasteiger partial charge in [-0.25, -0.2) is 19.3 Å². The Hall–Kier alpha value is -2.70. The molecule has 0 N–H and O–H groups in total. The molecule has 0 saturated carbocycles. The van der Waals surface area contributed by atoms with Crippen molar-refractivity contribution >= 4 is 17.0 Å². The van der Waals surface area contributed by atoms with Gasteiger partial charge in [0.05, 0.1) is 11.4 Å². The summed E-state index contributed by atoms with van der Waals surface area (Å²) >= 11 is 0. The van der Waals surface area contributed by atoms with Crippen molar-refractivity contribution in [2.75, 3.05) is 18.0 Å². The van der Waals surface area contributed by atoms with Crippen molar-refractivity contribution in [3.8, 4) is 5.69 Å². The number of rotatable bonds is 6. The quantitative estimate of drug-likeness (QED) is 0.654. The topological polar surface area (TPSA) is 68.8 Å². The smallest absolute Gasteiger partial charge is 0.334 e. The molecule has 0 aliphatic heterocycles. The molecule has 0 aromatic carbocycles. The minimum atomic E-state index is -0.124. The normalized spacial score (nSPS) is 11.4. The summed E-state index contributed by atoms with van der Waals surface area (Å²) in [5.41, 5.74) is 4.88. The molecule has 3 aromatic rings. The van der Waals surface area contributed by atoms with E-state index in [2.05, 4.69) is 28.7 Å². The molecule has 0 aliphatic carbocycles. The number of aromatic nitrogens is 5. The van der Waals surface area contributed by atoms with Gasteiger partial charge in [0, 0.05) is 25.8 Å². The Kier molecular flexibility index (Phi) is 5.54. The molecule has 0 unspecified atom stereocenters. The van der Waals surface area contributed by atoms with Gasteiger partial charge in [-0.1, -0.05) is 13.8 Å². The van der Waals surface area contributed by atoms with E-state index in [1.165, 1.54) is 0 Å². The van der Waals surface area contributed by atoms with Crippen LogP contribution in [0.4, 0.5) is 5.82 Å². The van der Waals surface area contributed by atoms with Crippen molar-refractivity contribution in [2.45, 2.75) is 54.4 Å². The molecule has 3 aromatic heterocycles. The number of aryl methyl sites for hydroxylation is 5. The van der Waals surface area contributed by atoms with Gasteiger partial charge < -0.3 is 4.90 Å². The zero-order valence-electron chi connectivity index (χ0n) is 18.0. The fraction of sp³-hybridized carbons (Fsp3) is 0.524. The first-order valence-electron chi connectivity index (χ1n) is 9.96. The first kappa shape index (κ1) is 20.0. The molecule has 150 valence electrons. The van der Waals surface area contributed by atoms with Gasteiger partial charge in [-0.3, -0.25) is 9.55 Å². The molecular formula is C21H30N6O. The monoisotopic (exact) mass is 382 g/mol. The molecule has 3 heterocycles. The second kappa shape index (κ2) is 7.73. The van der Waals surface area contributed by atoms with E-state index < -0.39 is 0 Å². The Labute approximate surface area is 166 Å². The van der Waals surface area contributed by atoms with Crippen molar-refractivity contribution in [3.05, 3.63) is 39.3 Å². The Balaban J connectivity index is 2.40. The number of nitrogens with zero attached hydrogens (tertiary/aromatic N) is 6. The third kappa shape index (κ3) is 3.30. The van der Waals surface area contributed by atoms with Crippen LogP contribution in [0.2, 0.25) is 0 Å². The maximum absolute atomic E-state index is 13.3. The molecule has 0 saturated heterocycles. The van der Waals surface area contributed by atoms with Crippen LogP contribution in [0, 0.1) is 27.7 Å². The summed E-state index contributed by atoms with van der Waals surface area (Å²) in [5, 5.41) is 0. The van der Waals surface area contributed by atoms with E-state index in [-0.39, 0.29) is 5.69 Å². The van der Waals surface area contributed by atoms with Gasteiger partial charge in [-0.2, -0.15) is 0 Å². The summed E-state index contributed by atoms with van der Waals surface area (Å²) in [7, 11) is 1.80. The highest BCUT2D eigenvalue weighted by atomic mass is 16.1. The van der Waals surface area contributed by atoms with Crippen LogP contribution in [0.1, 0.15) is 49.5 Å². The number of pyridine rings is 1. The van der Waals surface area contributed by atoms with E-state index in [0.29, 0.717) is 11.5 Å². The van der Waals surface area contributed by atoms with Crippen LogP contribution in [0.3, 0.4) is 0 Å². The van der Waals surface area contributed by atoms with E-state index in [1.807, 2.05) is 33.8 Å². The summed E-state index contributed by atoms with van der Waals surface area (Å²) in [4.78, 5) is 29.5. The van der Waals surface area contributed by atoms with Gasteiger partial charge >= 0.3 is 5.69 Å². The summed E-state index contributed by atoms with van der Waals surface area (Å²) in [6, 6.07) is 2.00. The summed E-state index contributed by atoms with van der Waals surface area (Å²) in [6.07, 6.45) is 2.03. The van der Waals surface area contributed by atoms with Gasteiger partial charge in [0.15, 0.2) is 11.5 Å². The van der Waals surface area contributed by atoms with Crippen LogP contribution >= 0.6 is 0 Å². The van der Waals surface area contributed by atoms with Crippen molar-refractivity contribution in [3.63, 3.8) is 0 Å². The molecule has 3 rings (SSSR count). The predicted molar refractivity (Wildman–Crippen MR) is 114 cm³/mol. The summed E-state index contributed by atoms with van der Waals surface area (Å²) in [6.45, 7) is 13.9. The number of hydrogen-bond donors (Lipinski definition) is 0. The van der Waals surface area contributed by atoms with Crippen molar-refractivity contribution in [1.82, 2.24) is 24.1 Å². The standard InChI is InChI=1S/C21H30N6O/c1-8-10-26(11-9-2)19-18-20(24-16(6)23-19)27(21(28)25(18)7)17-13(3)12-14(4)22-15(17)5/h12H,8-11H2,1-7H3. The van der Waals surface area contributed by atoms with E-state index in [0.717, 1.165) is 59.9 Å². The summed E-state index contributed by atoms with van der Waals surface area (Å²) < 4.78 is 3.36. The first-order chi connectivity index (χ1) is 13.3. The first-order valence-corrected chi connectivity index (χ1v) is 9.96. The largest absolute Gasteiger partial charge is 0.355 e. The molecule has 0 radical (unpaired) electrons. The van der Waals surface area contributed by atoms with E-state index in [4.69, 9.17) is 4.98 Å². The lowest BCUT2D eigenvalue weighted by Gasteiger charge is -2.23. The molecule has 0 fully saturated rings. The van der Waals surface area contributed by atoms with Gasteiger partial charge in [-0.15, -0.1) is 0 Å². The second-order valence-corrected chi connectivity index (χ2v) is 7.45. The van der Waals surface area contributed by atoms with Crippen LogP contribution in [-0.2, 0) is 7.05 Å². The second-order valence-electron chi connectivity index (χ2n) is 7.45. The number of hydrogen-bond acceptors (Lipinski definition) is 5. The van der Waals surface area contributed by atoms with Gasteiger partial charge in [-0.05, 0) is 52.2 Å². The Morgan fingerprint density at radius 1 is 1.00 bits per heavy atom. The van der Waals surface area contributed by atoms with Crippen molar-refractivity contribution < 1.29 is 0 Å². The lowest BCUT2D eigenvalue weighted by Crippen LogP contribution is -2.27. The van der Waals surface area contributed by atoms with Gasteiger partial charge in [0.25, 0.3) is 0 Å². The van der Waals surface area contributed by atoms with Crippen LogP contribution in [-0.4, -0.2) is 37.2 Å². The zero-order valence-corrected chi connectivity index (χ0v) is 18.0. The van der Waals surface area contributed by atoms with Crippen molar-refractivity contribution in [1.29, 1.82) is 0 Å². The van der Waals surface area contributed by atoms with Gasteiger partial charge in [0.1, 0.15) is 11.3 Å². The zero-order chi connectivity index (χ0) is 20.6. The molecule has 7 heteroatoms. The molecule has 28 heavy (non-hydrogen) atoms. The highest BCUT2D eigenvalue weighted by Crippen LogP contribution is 2.27. The van der Waals surface area contributed by atoms with Crippen LogP contribution in [0.15, 0.2) is 10.9 Å². The predicted octanol–water partition coefficient (Wildman–Crippen LogP) is 3.37. The number of fused-ring (bicyclic) bond motifs is 1. The summed E-state index contributed by atoms with van der Waals surface area (Å²) in [5.74, 6) is 1.49. The lowest BCUT2D eigenvalue weighted by atomic mass is 10.1. The Bertz CT molecular complexity index is 1050. The average Bonchev–Trinajstić information content (AvgIpc) is 2.85. The number of imidazole rings is 1. The Morgan fingerprint density at radius 2 is 1.64 bits per heavy atom. The molecule has 0 spiro atoms. The molecule has 0 atom stereocenters. The molecule has 7 nitrogen and oxygen atoms in total. The van der Waals surface area contributed by atoms with Crippen LogP contribution in [0.25, 0.3) is 16.9 Å². The van der Waals surface area contributed by atoms with Crippen LogP contribution in [0.5, 0.6) is 0 Å². The molecule has 0 bridgehead atoms. The number of anilines is 1. The third-order valence-corrected chi connectivity index (χ3v) is 4.98. The van der Waals surface area contributed by atoms with E-state index in [9.17, 15) is 4.79 Å². The van der Waals surface area contributed by atoms with E-state index in [1.54, 1.807) is 16.2 Å². The van der Waals surface area contributed by atoms with Crippen LogP contribution < -0.4 is 10.6 Å². The lowest BCUT2D eigenvalue weighted by molar-refractivity contribution is 0.730. The highest BCUT2D eigenvalue weighted by molar-refractivity contribution is 5.86. The van der Waals surface area contributed by atoms with Crippen molar-refractivity contribution in [2.24, 2.45) is 7.05 Å². The highest BCUT2D eigenvalue weighted by Gasteiger charge is 2.23. The molecule has 0 aliphatic rings. The fourth-order valence-corrected chi connectivity index (χ4v) is 3.97. The molecule has 0 amide bonds. The maximum atomic E-state index is 13.3. The fourth-order valence-electron chi connectivity index (χ4n) is 3.97. The molecular weight excluding hydrogens is 352 g/mol.